The molecule has 1 amide bonds. The molecule has 0 bridgehead atoms. The second-order valence-electron chi connectivity index (χ2n) is 6.13. The maximum atomic E-state index is 12.4. The lowest BCUT2D eigenvalue weighted by Gasteiger charge is -2.21. The highest BCUT2D eigenvalue weighted by atomic mass is 16.5. The molecule has 1 aromatic heterocycles. The Kier molecular flexibility index (Phi) is 5.31. The van der Waals surface area contributed by atoms with Crippen LogP contribution in [0.4, 0.5) is 5.82 Å². The molecule has 26 heavy (non-hydrogen) atoms. The third-order valence-corrected chi connectivity index (χ3v) is 4.26. The van der Waals surface area contributed by atoms with Crippen molar-refractivity contribution in [3.05, 3.63) is 60.4 Å². The van der Waals surface area contributed by atoms with Crippen molar-refractivity contribution in [1.82, 2.24) is 15.3 Å². The standard InChI is InChI=1S/C20H22N4O2/c1-14(15-8-10-16(26-3)11-9-15)23-19(25)12-24(2)20-17-6-4-5-7-18(17)21-13-22-20/h4-11,13-14H,12H2,1-3H3,(H,23,25). The summed E-state index contributed by atoms with van der Waals surface area (Å²) in [5.74, 6) is 1.46. The molecule has 0 saturated heterocycles. The molecule has 1 atom stereocenters. The number of nitrogens with zero attached hydrogens (tertiary/aromatic N) is 3. The van der Waals surface area contributed by atoms with Crippen LogP contribution in [0.2, 0.25) is 0 Å². The fraction of sp³-hybridized carbons (Fsp3) is 0.250. The van der Waals surface area contributed by atoms with Crippen LogP contribution in [0.1, 0.15) is 18.5 Å². The van der Waals surface area contributed by atoms with Gasteiger partial charge in [0.15, 0.2) is 0 Å². The topological polar surface area (TPSA) is 67.3 Å². The van der Waals surface area contributed by atoms with Gasteiger partial charge >= 0.3 is 0 Å². The Morgan fingerprint density at radius 1 is 1.15 bits per heavy atom. The molecule has 0 radical (unpaired) electrons. The molecule has 1 N–H and O–H groups in total. The van der Waals surface area contributed by atoms with Crippen molar-refractivity contribution in [2.45, 2.75) is 13.0 Å². The van der Waals surface area contributed by atoms with Crippen LogP contribution in [0.15, 0.2) is 54.9 Å². The minimum absolute atomic E-state index is 0.0708. The predicted octanol–water partition coefficient (Wildman–Crippen LogP) is 2.95. The minimum atomic E-state index is -0.0936. The van der Waals surface area contributed by atoms with E-state index in [2.05, 4.69) is 15.3 Å². The van der Waals surface area contributed by atoms with Gasteiger partial charge in [-0.1, -0.05) is 24.3 Å². The van der Waals surface area contributed by atoms with E-state index in [1.54, 1.807) is 7.11 Å². The Hall–Kier alpha value is -3.15. The van der Waals surface area contributed by atoms with E-state index in [4.69, 9.17) is 4.74 Å². The molecule has 1 heterocycles. The van der Waals surface area contributed by atoms with Crippen LogP contribution in [0.5, 0.6) is 5.75 Å². The quantitative estimate of drug-likeness (QED) is 0.740. The predicted molar refractivity (Wildman–Crippen MR) is 102 cm³/mol. The molecule has 6 nitrogen and oxygen atoms in total. The molecule has 0 saturated carbocycles. The number of benzene rings is 2. The second kappa shape index (κ2) is 7.82. The Labute approximate surface area is 152 Å². The smallest absolute Gasteiger partial charge is 0.240 e. The van der Waals surface area contributed by atoms with E-state index in [0.29, 0.717) is 0 Å². The summed E-state index contributed by atoms with van der Waals surface area (Å²) in [5, 5.41) is 3.94. The zero-order valence-electron chi connectivity index (χ0n) is 15.1. The van der Waals surface area contributed by atoms with Crippen molar-refractivity contribution in [2.75, 3.05) is 25.6 Å². The van der Waals surface area contributed by atoms with Crippen LogP contribution >= 0.6 is 0 Å². The highest BCUT2D eigenvalue weighted by Crippen LogP contribution is 2.21. The Morgan fingerprint density at radius 3 is 2.62 bits per heavy atom. The molecule has 0 fully saturated rings. The largest absolute Gasteiger partial charge is 0.497 e. The molecule has 0 spiro atoms. The number of ether oxygens (including phenoxy) is 1. The SMILES string of the molecule is COc1ccc(C(C)NC(=O)CN(C)c2ncnc3ccccc23)cc1. The highest BCUT2D eigenvalue weighted by molar-refractivity contribution is 5.91. The van der Waals surface area contributed by atoms with Gasteiger partial charge in [-0.15, -0.1) is 0 Å². The van der Waals surface area contributed by atoms with E-state index in [-0.39, 0.29) is 18.5 Å². The van der Waals surface area contributed by atoms with Crippen LogP contribution < -0.4 is 15.0 Å². The molecule has 6 heteroatoms. The second-order valence-corrected chi connectivity index (χ2v) is 6.13. The zero-order chi connectivity index (χ0) is 18.5. The van der Waals surface area contributed by atoms with Crippen molar-refractivity contribution < 1.29 is 9.53 Å². The van der Waals surface area contributed by atoms with Gasteiger partial charge in [0.2, 0.25) is 5.91 Å². The van der Waals surface area contributed by atoms with Crippen LogP contribution in [0, 0.1) is 0 Å². The van der Waals surface area contributed by atoms with E-state index >= 15 is 0 Å². The summed E-state index contributed by atoms with van der Waals surface area (Å²) in [4.78, 5) is 22.9. The number of para-hydroxylation sites is 1. The number of nitrogens with one attached hydrogen (secondary N) is 1. The number of likely N-dealkylation sites (N-methyl/N-ethyl adjacent to an activating group) is 1. The van der Waals surface area contributed by atoms with Crippen molar-refractivity contribution in [3.8, 4) is 5.75 Å². The van der Waals surface area contributed by atoms with E-state index in [9.17, 15) is 4.79 Å². The van der Waals surface area contributed by atoms with Crippen molar-refractivity contribution in [3.63, 3.8) is 0 Å². The number of fused-ring (bicyclic) bond motifs is 1. The Balaban J connectivity index is 1.66. The number of aromatic nitrogens is 2. The monoisotopic (exact) mass is 350 g/mol. The van der Waals surface area contributed by atoms with Gasteiger partial charge in [-0.05, 0) is 36.8 Å². The number of hydrogen-bond donors (Lipinski definition) is 1. The third kappa shape index (κ3) is 3.91. The summed E-state index contributed by atoms with van der Waals surface area (Å²) in [6.07, 6.45) is 1.52. The van der Waals surface area contributed by atoms with Gasteiger partial charge in [0.05, 0.1) is 25.2 Å². The number of anilines is 1. The first-order valence-electron chi connectivity index (χ1n) is 8.42. The summed E-state index contributed by atoms with van der Waals surface area (Å²) in [5.41, 5.74) is 1.88. The van der Waals surface area contributed by atoms with E-state index in [1.807, 2.05) is 67.4 Å². The lowest BCUT2D eigenvalue weighted by molar-refractivity contribution is -0.120. The highest BCUT2D eigenvalue weighted by Gasteiger charge is 2.14. The maximum absolute atomic E-state index is 12.4. The minimum Gasteiger partial charge on any atom is -0.497 e. The van der Waals surface area contributed by atoms with Gasteiger partial charge in [-0.2, -0.15) is 0 Å². The number of carbonyl (C=O) groups excluding carboxylic acids is 1. The molecule has 3 rings (SSSR count). The molecule has 0 aliphatic carbocycles. The molecule has 3 aromatic rings. The normalized spacial score (nSPS) is 11.8. The van der Waals surface area contributed by atoms with Crippen LogP contribution in [0.25, 0.3) is 10.9 Å². The Morgan fingerprint density at radius 2 is 1.88 bits per heavy atom. The number of carbonyl (C=O) groups is 1. The van der Waals surface area contributed by atoms with Gasteiger partial charge in [0.1, 0.15) is 17.9 Å². The fourth-order valence-corrected chi connectivity index (χ4v) is 2.85. The van der Waals surface area contributed by atoms with E-state index in [0.717, 1.165) is 28.0 Å². The fourth-order valence-electron chi connectivity index (χ4n) is 2.85. The molecular weight excluding hydrogens is 328 g/mol. The van der Waals surface area contributed by atoms with Crippen LogP contribution in [-0.2, 0) is 4.79 Å². The third-order valence-electron chi connectivity index (χ3n) is 4.26. The lowest BCUT2D eigenvalue weighted by atomic mass is 10.1. The molecular formula is C20H22N4O2. The zero-order valence-corrected chi connectivity index (χ0v) is 15.1. The van der Waals surface area contributed by atoms with Crippen molar-refractivity contribution >= 4 is 22.6 Å². The van der Waals surface area contributed by atoms with Gasteiger partial charge in [-0.3, -0.25) is 4.79 Å². The van der Waals surface area contributed by atoms with E-state index < -0.39 is 0 Å². The summed E-state index contributed by atoms with van der Waals surface area (Å²) >= 11 is 0. The molecule has 134 valence electrons. The average molecular weight is 350 g/mol. The van der Waals surface area contributed by atoms with Gasteiger partial charge in [0.25, 0.3) is 0 Å². The first-order chi connectivity index (χ1) is 12.6. The molecule has 1 unspecified atom stereocenters. The van der Waals surface area contributed by atoms with Gasteiger partial charge in [0, 0.05) is 12.4 Å². The molecule has 0 aliphatic rings. The van der Waals surface area contributed by atoms with Crippen molar-refractivity contribution in [1.29, 1.82) is 0 Å². The summed E-state index contributed by atoms with van der Waals surface area (Å²) in [6.45, 7) is 2.17. The lowest BCUT2D eigenvalue weighted by Crippen LogP contribution is -2.36. The number of amides is 1. The maximum Gasteiger partial charge on any atom is 0.240 e. The number of rotatable bonds is 6. The summed E-state index contributed by atoms with van der Waals surface area (Å²) in [7, 11) is 3.49. The van der Waals surface area contributed by atoms with Gasteiger partial charge < -0.3 is 15.0 Å². The average Bonchev–Trinajstić information content (AvgIpc) is 2.67. The van der Waals surface area contributed by atoms with Crippen LogP contribution in [-0.4, -0.2) is 36.6 Å². The molecule has 2 aromatic carbocycles. The Bertz CT molecular complexity index is 890. The van der Waals surface area contributed by atoms with Crippen molar-refractivity contribution in [2.24, 2.45) is 0 Å². The summed E-state index contributed by atoms with van der Waals surface area (Å²) in [6, 6.07) is 15.3. The number of methoxy groups -OCH3 is 1. The first-order valence-corrected chi connectivity index (χ1v) is 8.42. The summed E-state index contributed by atoms with van der Waals surface area (Å²) < 4.78 is 5.16. The first kappa shape index (κ1) is 17.7. The van der Waals surface area contributed by atoms with Gasteiger partial charge in [-0.25, -0.2) is 9.97 Å². The molecule has 0 aliphatic heterocycles. The van der Waals surface area contributed by atoms with E-state index in [1.165, 1.54) is 6.33 Å². The van der Waals surface area contributed by atoms with Crippen LogP contribution in [0.3, 0.4) is 0 Å². The number of hydrogen-bond acceptors (Lipinski definition) is 5.